The summed E-state index contributed by atoms with van der Waals surface area (Å²) in [5.41, 5.74) is 0.514. The maximum absolute atomic E-state index is 11.0. The van der Waals surface area contributed by atoms with Gasteiger partial charge in [-0.2, -0.15) is 0 Å². The third kappa shape index (κ3) is 3.42. The molecule has 0 bridgehead atoms. The van der Waals surface area contributed by atoms with Crippen LogP contribution in [-0.4, -0.2) is 17.0 Å². The monoisotopic (exact) mass is 218 g/mol. The van der Waals surface area contributed by atoms with Crippen molar-refractivity contribution in [2.45, 2.75) is 0 Å². The van der Waals surface area contributed by atoms with Crippen LogP contribution in [0, 0.1) is 0 Å². The van der Waals surface area contributed by atoms with E-state index in [-0.39, 0.29) is 0 Å². The zero-order chi connectivity index (χ0) is 12.0. The first-order valence-electron chi connectivity index (χ1n) is 4.48. The third-order valence-electron chi connectivity index (χ3n) is 1.70. The van der Waals surface area contributed by atoms with E-state index < -0.39 is 11.9 Å². The zero-order valence-electron chi connectivity index (χ0n) is 8.42. The molecular weight excluding hydrogens is 208 g/mol. The number of esters is 1. The van der Waals surface area contributed by atoms with Crippen LogP contribution in [0.3, 0.4) is 0 Å². The van der Waals surface area contributed by atoms with Gasteiger partial charge >= 0.3 is 11.9 Å². The smallest absolute Gasteiger partial charge is 0.335 e. The van der Waals surface area contributed by atoms with E-state index in [1.807, 2.05) is 0 Å². The predicted octanol–water partition coefficient (Wildman–Crippen LogP) is 1.88. The Balaban J connectivity index is 2.95. The minimum atomic E-state index is -1.06. The summed E-state index contributed by atoms with van der Waals surface area (Å²) in [5, 5.41) is 8.48. The predicted molar refractivity (Wildman–Crippen MR) is 58.9 cm³/mol. The molecule has 0 spiro atoms. The largest absolute Gasteiger partial charge is 0.478 e. The number of benzene rings is 1. The molecule has 16 heavy (non-hydrogen) atoms. The van der Waals surface area contributed by atoms with Crippen molar-refractivity contribution in [1.29, 1.82) is 0 Å². The first-order valence-corrected chi connectivity index (χ1v) is 4.48. The van der Waals surface area contributed by atoms with Gasteiger partial charge in [-0.05, 0) is 12.1 Å². The van der Waals surface area contributed by atoms with Gasteiger partial charge in [-0.15, -0.1) is 0 Å². The van der Waals surface area contributed by atoms with Crippen LogP contribution in [-0.2, 0) is 9.59 Å². The topological polar surface area (TPSA) is 63.6 Å². The Morgan fingerprint density at radius 2 is 2.00 bits per heavy atom. The van der Waals surface area contributed by atoms with E-state index >= 15 is 0 Å². The molecule has 0 fully saturated rings. The molecule has 0 radical (unpaired) electrons. The third-order valence-corrected chi connectivity index (χ3v) is 1.70. The van der Waals surface area contributed by atoms with E-state index in [4.69, 9.17) is 9.84 Å². The maximum Gasteiger partial charge on any atom is 0.335 e. The molecule has 0 aliphatic rings. The van der Waals surface area contributed by atoms with Gasteiger partial charge in [0.2, 0.25) is 0 Å². The second-order valence-corrected chi connectivity index (χ2v) is 2.83. The summed E-state index contributed by atoms with van der Waals surface area (Å²) in [7, 11) is 0. The fourth-order valence-corrected chi connectivity index (χ4v) is 1.02. The van der Waals surface area contributed by atoms with Crippen LogP contribution < -0.4 is 4.74 Å². The van der Waals surface area contributed by atoms with Crippen molar-refractivity contribution < 1.29 is 19.4 Å². The number of ether oxygens (including phenoxy) is 1. The van der Waals surface area contributed by atoms with Crippen LogP contribution in [0.15, 0.2) is 43.0 Å². The van der Waals surface area contributed by atoms with Crippen molar-refractivity contribution in [1.82, 2.24) is 0 Å². The van der Waals surface area contributed by atoms with Gasteiger partial charge in [-0.25, -0.2) is 9.59 Å². The molecule has 1 rings (SSSR count). The Hall–Kier alpha value is -2.36. The van der Waals surface area contributed by atoms with Crippen LogP contribution in [0.2, 0.25) is 0 Å². The number of hydrogen-bond acceptors (Lipinski definition) is 3. The number of carbonyl (C=O) groups excluding carboxylic acids is 1. The molecule has 4 nitrogen and oxygen atoms in total. The SMILES string of the molecule is C=CC(=O)Oc1ccccc1C=CC(=O)O. The maximum atomic E-state index is 11.0. The van der Waals surface area contributed by atoms with Gasteiger partial charge in [0.1, 0.15) is 5.75 Å². The fourth-order valence-electron chi connectivity index (χ4n) is 1.02. The Morgan fingerprint density at radius 3 is 2.62 bits per heavy atom. The number of carboxylic acid groups (broad SMARTS) is 1. The van der Waals surface area contributed by atoms with Crippen molar-refractivity contribution >= 4 is 18.0 Å². The Labute approximate surface area is 92.5 Å². The zero-order valence-corrected chi connectivity index (χ0v) is 8.42. The summed E-state index contributed by atoms with van der Waals surface area (Å²) >= 11 is 0. The summed E-state index contributed by atoms with van der Waals surface area (Å²) in [6.07, 6.45) is 3.37. The molecule has 0 aliphatic carbocycles. The Morgan fingerprint density at radius 1 is 1.31 bits per heavy atom. The van der Waals surface area contributed by atoms with E-state index in [0.29, 0.717) is 11.3 Å². The number of carbonyl (C=O) groups is 2. The molecule has 0 heterocycles. The van der Waals surface area contributed by atoms with Crippen molar-refractivity contribution in [3.8, 4) is 5.75 Å². The highest BCUT2D eigenvalue weighted by Gasteiger charge is 2.03. The highest BCUT2D eigenvalue weighted by Crippen LogP contribution is 2.19. The van der Waals surface area contributed by atoms with Gasteiger partial charge in [0.25, 0.3) is 0 Å². The van der Waals surface area contributed by atoms with Crippen LogP contribution >= 0.6 is 0 Å². The Kier molecular flexibility index (Phi) is 4.03. The quantitative estimate of drug-likeness (QED) is 0.476. The summed E-state index contributed by atoms with van der Waals surface area (Å²) in [4.78, 5) is 21.3. The molecule has 1 aromatic rings. The molecule has 82 valence electrons. The average molecular weight is 218 g/mol. The number of aliphatic carboxylic acids is 1. The van der Waals surface area contributed by atoms with E-state index in [9.17, 15) is 9.59 Å². The second-order valence-electron chi connectivity index (χ2n) is 2.83. The van der Waals surface area contributed by atoms with Crippen LogP contribution in [0.1, 0.15) is 5.56 Å². The number of carboxylic acids is 1. The molecule has 1 N–H and O–H groups in total. The minimum Gasteiger partial charge on any atom is -0.478 e. The van der Waals surface area contributed by atoms with Gasteiger partial charge in [0.15, 0.2) is 0 Å². The van der Waals surface area contributed by atoms with Gasteiger partial charge in [0.05, 0.1) is 0 Å². The van der Waals surface area contributed by atoms with Gasteiger partial charge in [0, 0.05) is 17.7 Å². The van der Waals surface area contributed by atoms with Gasteiger partial charge < -0.3 is 9.84 Å². The highest BCUT2D eigenvalue weighted by molar-refractivity contribution is 5.87. The van der Waals surface area contributed by atoms with Crippen molar-refractivity contribution in [2.75, 3.05) is 0 Å². The van der Waals surface area contributed by atoms with Gasteiger partial charge in [-0.1, -0.05) is 24.8 Å². The molecule has 1 aromatic carbocycles. The van der Waals surface area contributed by atoms with E-state index in [0.717, 1.165) is 12.2 Å². The lowest BCUT2D eigenvalue weighted by Crippen LogP contribution is -2.04. The Bertz CT molecular complexity index is 446. The molecular formula is C12H10O4. The van der Waals surface area contributed by atoms with Crippen LogP contribution in [0.5, 0.6) is 5.75 Å². The lowest BCUT2D eigenvalue weighted by Gasteiger charge is -2.04. The number of hydrogen-bond donors (Lipinski definition) is 1. The summed E-state index contributed by atoms with van der Waals surface area (Å²) in [5.74, 6) is -1.36. The average Bonchev–Trinajstić information content (AvgIpc) is 2.27. The van der Waals surface area contributed by atoms with E-state index in [1.54, 1.807) is 24.3 Å². The molecule has 0 saturated heterocycles. The second kappa shape index (κ2) is 5.50. The normalized spacial score (nSPS) is 10.0. The fraction of sp³-hybridized carbons (Fsp3) is 0. The molecule has 4 heteroatoms. The first-order chi connectivity index (χ1) is 7.63. The number of para-hydroxylation sites is 1. The van der Waals surface area contributed by atoms with E-state index in [2.05, 4.69) is 6.58 Å². The van der Waals surface area contributed by atoms with Crippen LogP contribution in [0.4, 0.5) is 0 Å². The highest BCUT2D eigenvalue weighted by atomic mass is 16.5. The molecule has 0 saturated carbocycles. The van der Waals surface area contributed by atoms with Crippen molar-refractivity contribution in [2.24, 2.45) is 0 Å². The lowest BCUT2D eigenvalue weighted by atomic mass is 10.2. The molecule has 0 amide bonds. The molecule has 0 atom stereocenters. The van der Waals surface area contributed by atoms with Crippen LogP contribution in [0.25, 0.3) is 6.08 Å². The standard InChI is InChI=1S/C12H10O4/c1-2-12(15)16-10-6-4-3-5-9(10)7-8-11(13)14/h2-8H,1H2,(H,13,14). The summed E-state index contributed by atoms with van der Waals surface area (Å²) < 4.78 is 4.93. The summed E-state index contributed by atoms with van der Waals surface area (Å²) in [6.45, 7) is 3.27. The molecule has 0 unspecified atom stereocenters. The summed E-state index contributed by atoms with van der Waals surface area (Å²) in [6, 6.07) is 6.62. The minimum absolute atomic E-state index is 0.296. The first kappa shape index (κ1) is 11.7. The van der Waals surface area contributed by atoms with Gasteiger partial charge in [-0.3, -0.25) is 0 Å². The van der Waals surface area contributed by atoms with Crippen molar-refractivity contribution in [3.05, 3.63) is 48.6 Å². The van der Waals surface area contributed by atoms with Crippen molar-refractivity contribution in [3.63, 3.8) is 0 Å². The number of rotatable bonds is 4. The van der Waals surface area contributed by atoms with E-state index in [1.165, 1.54) is 6.08 Å². The molecule has 0 aliphatic heterocycles. The lowest BCUT2D eigenvalue weighted by molar-refractivity contribution is -0.131. The molecule has 0 aromatic heterocycles.